The summed E-state index contributed by atoms with van der Waals surface area (Å²) in [5, 5.41) is 8.94. The van der Waals surface area contributed by atoms with E-state index in [0.717, 1.165) is 0 Å². The molecule has 3 aromatic rings. The molecule has 0 saturated carbocycles. The normalized spacial score (nSPS) is 10.8. The maximum atomic E-state index is 13.7. The molecule has 0 aliphatic rings. The molecule has 21 heavy (non-hydrogen) atoms. The minimum Gasteiger partial charge on any atom is -0.494 e. The van der Waals surface area contributed by atoms with Crippen molar-refractivity contribution in [3.63, 3.8) is 0 Å². The third kappa shape index (κ3) is 2.31. The van der Waals surface area contributed by atoms with Crippen LogP contribution in [0.15, 0.2) is 40.8 Å². The largest absolute Gasteiger partial charge is 0.494 e. The molecule has 0 bridgehead atoms. The Kier molecular flexibility index (Phi) is 3.06. The lowest BCUT2D eigenvalue weighted by molar-refractivity contribution is 0.0697. The second-order valence-electron chi connectivity index (χ2n) is 4.36. The number of halogens is 1. The lowest BCUT2D eigenvalue weighted by atomic mass is 10.2. The van der Waals surface area contributed by atoms with E-state index in [0.29, 0.717) is 16.7 Å². The Morgan fingerprint density at radius 3 is 2.76 bits per heavy atom. The molecule has 6 heteroatoms. The molecule has 1 aromatic heterocycles. The van der Waals surface area contributed by atoms with E-state index < -0.39 is 11.8 Å². The monoisotopic (exact) mass is 287 g/mol. The van der Waals surface area contributed by atoms with Gasteiger partial charge < -0.3 is 14.3 Å². The lowest BCUT2D eigenvalue weighted by Crippen LogP contribution is -1.94. The van der Waals surface area contributed by atoms with Crippen LogP contribution in [-0.2, 0) is 0 Å². The SMILES string of the molecule is COc1ccc(-c2nc3ccc(C(=O)O)cc3o2)cc1F. The van der Waals surface area contributed by atoms with Gasteiger partial charge in [0.15, 0.2) is 17.1 Å². The van der Waals surface area contributed by atoms with Gasteiger partial charge in [0, 0.05) is 5.56 Å². The zero-order valence-electron chi connectivity index (χ0n) is 11.0. The van der Waals surface area contributed by atoms with Crippen LogP contribution in [0.5, 0.6) is 5.75 Å². The highest BCUT2D eigenvalue weighted by Crippen LogP contribution is 2.28. The van der Waals surface area contributed by atoms with E-state index in [9.17, 15) is 9.18 Å². The van der Waals surface area contributed by atoms with Crippen LogP contribution in [0.1, 0.15) is 10.4 Å². The predicted molar refractivity (Wildman–Crippen MR) is 72.9 cm³/mol. The van der Waals surface area contributed by atoms with Gasteiger partial charge in [-0.25, -0.2) is 14.2 Å². The van der Waals surface area contributed by atoms with Gasteiger partial charge in [-0.15, -0.1) is 0 Å². The number of benzene rings is 2. The van der Waals surface area contributed by atoms with Crippen molar-refractivity contribution in [2.45, 2.75) is 0 Å². The van der Waals surface area contributed by atoms with Gasteiger partial charge in [0.1, 0.15) is 5.52 Å². The number of hydrogen-bond donors (Lipinski definition) is 1. The second-order valence-corrected chi connectivity index (χ2v) is 4.36. The van der Waals surface area contributed by atoms with E-state index in [2.05, 4.69) is 4.98 Å². The molecule has 0 aliphatic heterocycles. The van der Waals surface area contributed by atoms with Gasteiger partial charge >= 0.3 is 5.97 Å². The van der Waals surface area contributed by atoms with E-state index in [-0.39, 0.29) is 17.2 Å². The van der Waals surface area contributed by atoms with Crippen LogP contribution in [0.2, 0.25) is 0 Å². The first-order valence-corrected chi connectivity index (χ1v) is 6.06. The Balaban J connectivity index is 2.08. The Morgan fingerprint density at radius 1 is 1.29 bits per heavy atom. The summed E-state index contributed by atoms with van der Waals surface area (Å²) >= 11 is 0. The summed E-state index contributed by atoms with van der Waals surface area (Å²) in [6.07, 6.45) is 0. The van der Waals surface area contributed by atoms with Crippen LogP contribution >= 0.6 is 0 Å². The van der Waals surface area contributed by atoms with Gasteiger partial charge in [-0.05, 0) is 36.4 Å². The van der Waals surface area contributed by atoms with Crippen molar-refractivity contribution in [2.24, 2.45) is 0 Å². The molecule has 3 rings (SSSR count). The number of hydrogen-bond acceptors (Lipinski definition) is 4. The van der Waals surface area contributed by atoms with Crippen molar-refractivity contribution in [1.82, 2.24) is 4.98 Å². The molecule has 0 saturated heterocycles. The molecule has 0 aliphatic carbocycles. The lowest BCUT2D eigenvalue weighted by Gasteiger charge is -2.02. The van der Waals surface area contributed by atoms with Gasteiger partial charge in [-0.3, -0.25) is 0 Å². The van der Waals surface area contributed by atoms with Crippen molar-refractivity contribution >= 4 is 17.1 Å². The van der Waals surface area contributed by atoms with Crippen LogP contribution in [0.4, 0.5) is 4.39 Å². The Labute approximate surface area is 118 Å². The van der Waals surface area contributed by atoms with Crippen LogP contribution < -0.4 is 4.74 Å². The molecule has 0 amide bonds. The maximum absolute atomic E-state index is 13.7. The average molecular weight is 287 g/mol. The van der Waals surface area contributed by atoms with Crippen LogP contribution in [0, 0.1) is 5.82 Å². The molecule has 0 radical (unpaired) electrons. The minimum atomic E-state index is -1.05. The standard InChI is InChI=1S/C15H10FNO4/c1-20-12-5-3-8(6-10(12)16)14-17-11-4-2-9(15(18)19)7-13(11)21-14/h2-7H,1H3,(H,18,19). The molecule has 0 fully saturated rings. The number of carboxylic acids is 1. The highest BCUT2D eigenvalue weighted by atomic mass is 19.1. The fraction of sp³-hybridized carbons (Fsp3) is 0.0667. The zero-order valence-corrected chi connectivity index (χ0v) is 11.0. The van der Waals surface area contributed by atoms with E-state index in [1.165, 1.54) is 31.4 Å². The summed E-state index contributed by atoms with van der Waals surface area (Å²) in [6, 6.07) is 8.71. The molecule has 1 heterocycles. The number of methoxy groups -OCH3 is 1. The highest BCUT2D eigenvalue weighted by Gasteiger charge is 2.13. The molecule has 1 N–H and O–H groups in total. The van der Waals surface area contributed by atoms with Crippen molar-refractivity contribution in [3.8, 4) is 17.2 Å². The van der Waals surface area contributed by atoms with E-state index in [4.69, 9.17) is 14.3 Å². The molecule has 5 nitrogen and oxygen atoms in total. The molecule has 0 atom stereocenters. The summed E-state index contributed by atoms with van der Waals surface area (Å²) < 4.78 is 24.0. The quantitative estimate of drug-likeness (QED) is 0.799. The number of carbonyl (C=O) groups is 1. The third-order valence-corrected chi connectivity index (χ3v) is 3.03. The van der Waals surface area contributed by atoms with Gasteiger partial charge in [-0.2, -0.15) is 0 Å². The first-order valence-electron chi connectivity index (χ1n) is 6.06. The fourth-order valence-electron chi connectivity index (χ4n) is 1.98. The topological polar surface area (TPSA) is 72.6 Å². The van der Waals surface area contributed by atoms with Crippen LogP contribution in [0.3, 0.4) is 0 Å². The summed E-state index contributed by atoms with van der Waals surface area (Å²) in [5.74, 6) is -1.23. The number of rotatable bonds is 3. The fourth-order valence-corrected chi connectivity index (χ4v) is 1.98. The number of oxazole rings is 1. The average Bonchev–Trinajstić information content (AvgIpc) is 2.89. The zero-order chi connectivity index (χ0) is 15.0. The Bertz CT molecular complexity index is 841. The second kappa shape index (κ2) is 4.90. The number of aromatic carboxylic acids is 1. The van der Waals surface area contributed by atoms with Gasteiger partial charge in [0.2, 0.25) is 5.89 Å². The molecule has 0 unspecified atom stereocenters. The predicted octanol–water partition coefficient (Wildman–Crippen LogP) is 3.34. The molecular formula is C15H10FNO4. The number of aromatic nitrogens is 1. The smallest absolute Gasteiger partial charge is 0.335 e. The Morgan fingerprint density at radius 2 is 2.10 bits per heavy atom. The van der Waals surface area contributed by atoms with E-state index in [1.807, 2.05) is 0 Å². The highest BCUT2D eigenvalue weighted by molar-refractivity contribution is 5.92. The molecule has 0 spiro atoms. The molecule has 106 valence electrons. The van der Waals surface area contributed by atoms with E-state index >= 15 is 0 Å². The summed E-state index contributed by atoms with van der Waals surface area (Å²) in [7, 11) is 1.38. The number of carboxylic acid groups (broad SMARTS) is 1. The van der Waals surface area contributed by atoms with Crippen LogP contribution in [-0.4, -0.2) is 23.2 Å². The molecule has 2 aromatic carbocycles. The van der Waals surface area contributed by atoms with Gasteiger partial charge in [-0.1, -0.05) is 0 Å². The number of nitrogens with zero attached hydrogens (tertiary/aromatic N) is 1. The number of fused-ring (bicyclic) bond motifs is 1. The third-order valence-electron chi connectivity index (χ3n) is 3.03. The molecular weight excluding hydrogens is 277 g/mol. The Hall–Kier alpha value is -2.89. The maximum Gasteiger partial charge on any atom is 0.335 e. The summed E-state index contributed by atoms with van der Waals surface area (Å²) in [5.41, 5.74) is 1.39. The summed E-state index contributed by atoms with van der Waals surface area (Å²) in [6.45, 7) is 0. The minimum absolute atomic E-state index is 0.103. The van der Waals surface area contributed by atoms with Crippen LogP contribution in [0.25, 0.3) is 22.6 Å². The van der Waals surface area contributed by atoms with Crippen molar-refractivity contribution in [1.29, 1.82) is 0 Å². The van der Waals surface area contributed by atoms with Crippen molar-refractivity contribution in [2.75, 3.05) is 7.11 Å². The number of ether oxygens (including phenoxy) is 1. The van der Waals surface area contributed by atoms with Crippen molar-refractivity contribution < 1.29 is 23.4 Å². The van der Waals surface area contributed by atoms with Gasteiger partial charge in [0.05, 0.1) is 12.7 Å². The van der Waals surface area contributed by atoms with Gasteiger partial charge in [0.25, 0.3) is 0 Å². The summed E-state index contributed by atoms with van der Waals surface area (Å²) in [4.78, 5) is 15.1. The first kappa shape index (κ1) is 13.1. The first-order chi connectivity index (χ1) is 10.1. The van der Waals surface area contributed by atoms with E-state index in [1.54, 1.807) is 12.1 Å². The van der Waals surface area contributed by atoms with Crippen molar-refractivity contribution in [3.05, 3.63) is 47.8 Å².